The number of amides is 1. The summed E-state index contributed by atoms with van der Waals surface area (Å²) in [4.78, 5) is 17.9. The summed E-state index contributed by atoms with van der Waals surface area (Å²) in [7, 11) is 0. The van der Waals surface area contributed by atoms with Crippen LogP contribution >= 0.6 is 0 Å². The van der Waals surface area contributed by atoms with E-state index in [4.69, 9.17) is 5.11 Å². The summed E-state index contributed by atoms with van der Waals surface area (Å²) in [5.41, 5.74) is 0.237. The number of hydrogen-bond donors (Lipinski definition) is 1. The molecule has 1 aliphatic carbocycles. The molecule has 1 N–H and O–H groups in total. The second kappa shape index (κ2) is 6.61. The Labute approximate surface area is 112 Å². The maximum Gasteiger partial charge on any atom is 0.272 e. The molecular weight excluding hydrogens is 247 g/mol. The molecule has 1 amide bonds. The average Bonchev–Trinajstić information content (AvgIpc) is 2.46. The van der Waals surface area contributed by atoms with Crippen LogP contribution in [-0.2, 0) is 0 Å². The summed E-state index contributed by atoms with van der Waals surface area (Å²) < 4.78 is 12.8. The molecule has 0 saturated heterocycles. The monoisotopic (exact) mass is 266 g/mol. The number of carbonyl (C=O) groups excluding carboxylic acids is 1. The van der Waals surface area contributed by atoms with Crippen LogP contribution in [0.5, 0.6) is 0 Å². The van der Waals surface area contributed by atoms with E-state index in [1.54, 1.807) is 4.90 Å². The Morgan fingerprint density at radius 3 is 2.68 bits per heavy atom. The Kier molecular flexibility index (Phi) is 4.85. The molecule has 0 radical (unpaired) electrons. The fourth-order valence-corrected chi connectivity index (χ4v) is 2.60. The molecule has 4 nitrogen and oxygen atoms in total. The third kappa shape index (κ3) is 3.50. The lowest BCUT2D eigenvalue weighted by atomic mass is 9.94. The number of rotatable bonds is 4. The van der Waals surface area contributed by atoms with E-state index in [0.29, 0.717) is 6.54 Å². The summed E-state index contributed by atoms with van der Waals surface area (Å²) in [6, 6.07) is 2.79. The van der Waals surface area contributed by atoms with Gasteiger partial charge in [-0.1, -0.05) is 19.3 Å². The van der Waals surface area contributed by atoms with E-state index >= 15 is 0 Å². The summed E-state index contributed by atoms with van der Waals surface area (Å²) in [6.07, 6.45) is 6.39. The van der Waals surface area contributed by atoms with Gasteiger partial charge in [0.05, 0.1) is 12.8 Å². The van der Waals surface area contributed by atoms with Gasteiger partial charge in [0.1, 0.15) is 11.5 Å². The van der Waals surface area contributed by atoms with Crippen molar-refractivity contribution >= 4 is 5.91 Å². The molecule has 5 heteroatoms. The van der Waals surface area contributed by atoms with Crippen molar-refractivity contribution in [3.8, 4) is 0 Å². The number of carbonyl (C=O) groups is 1. The molecule has 0 spiro atoms. The Morgan fingerprint density at radius 2 is 2.11 bits per heavy atom. The van der Waals surface area contributed by atoms with E-state index in [2.05, 4.69) is 4.98 Å². The fourth-order valence-electron chi connectivity index (χ4n) is 2.60. The van der Waals surface area contributed by atoms with Crippen LogP contribution in [0.1, 0.15) is 42.6 Å². The fraction of sp³-hybridized carbons (Fsp3) is 0.571. The maximum atomic E-state index is 12.8. The first-order valence-electron chi connectivity index (χ1n) is 6.76. The van der Waals surface area contributed by atoms with Gasteiger partial charge in [0.15, 0.2) is 0 Å². The Balaban J connectivity index is 2.13. The maximum absolute atomic E-state index is 12.8. The SMILES string of the molecule is O=C(c1ccc(F)cn1)N(CCO)C1CCCCC1. The van der Waals surface area contributed by atoms with E-state index in [1.165, 1.54) is 18.6 Å². The standard InChI is InChI=1S/C14H19FN2O2/c15-11-6-7-13(16-10-11)14(19)17(8-9-18)12-4-2-1-3-5-12/h6-7,10,12,18H,1-5,8-9H2. The highest BCUT2D eigenvalue weighted by atomic mass is 19.1. The predicted molar refractivity (Wildman–Crippen MR) is 69.2 cm³/mol. The highest BCUT2D eigenvalue weighted by Crippen LogP contribution is 2.23. The zero-order valence-electron chi connectivity index (χ0n) is 10.9. The van der Waals surface area contributed by atoms with Gasteiger partial charge in [0, 0.05) is 12.6 Å². The molecule has 1 aliphatic rings. The molecule has 2 rings (SSSR count). The molecule has 1 aromatic heterocycles. The quantitative estimate of drug-likeness (QED) is 0.906. The van der Waals surface area contributed by atoms with Gasteiger partial charge >= 0.3 is 0 Å². The summed E-state index contributed by atoms with van der Waals surface area (Å²) in [5, 5.41) is 9.13. The first-order chi connectivity index (χ1) is 9.22. The van der Waals surface area contributed by atoms with Crippen LogP contribution in [0.4, 0.5) is 4.39 Å². The van der Waals surface area contributed by atoms with Gasteiger partial charge in [0.2, 0.25) is 0 Å². The van der Waals surface area contributed by atoms with Crippen LogP contribution < -0.4 is 0 Å². The minimum Gasteiger partial charge on any atom is -0.395 e. The highest BCUT2D eigenvalue weighted by Gasteiger charge is 2.26. The van der Waals surface area contributed by atoms with Gasteiger partial charge < -0.3 is 10.0 Å². The molecule has 0 bridgehead atoms. The smallest absolute Gasteiger partial charge is 0.272 e. The van der Waals surface area contributed by atoms with Gasteiger partial charge in [-0.2, -0.15) is 0 Å². The lowest BCUT2D eigenvalue weighted by Crippen LogP contribution is -2.43. The van der Waals surface area contributed by atoms with Crippen molar-refractivity contribution in [3.63, 3.8) is 0 Å². The molecule has 0 aromatic carbocycles. The Morgan fingerprint density at radius 1 is 1.37 bits per heavy atom. The van der Waals surface area contributed by atoms with Crippen molar-refractivity contribution in [1.82, 2.24) is 9.88 Å². The van der Waals surface area contributed by atoms with Crippen molar-refractivity contribution in [2.24, 2.45) is 0 Å². The van der Waals surface area contributed by atoms with Crippen LogP contribution in [0.2, 0.25) is 0 Å². The van der Waals surface area contributed by atoms with Crippen molar-refractivity contribution in [3.05, 3.63) is 29.8 Å². The van der Waals surface area contributed by atoms with E-state index in [-0.39, 0.29) is 24.2 Å². The van der Waals surface area contributed by atoms with Crippen molar-refractivity contribution < 1.29 is 14.3 Å². The number of nitrogens with zero attached hydrogens (tertiary/aromatic N) is 2. The van der Waals surface area contributed by atoms with E-state index in [0.717, 1.165) is 31.9 Å². The van der Waals surface area contributed by atoms with Crippen molar-refractivity contribution in [1.29, 1.82) is 0 Å². The summed E-state index contributed by atoms with van der Waals surface area (Å²) >= 11 is 0. The minimum atomic E-state index is -0.456. The second-order valence-corrected chi connectivity index (χ2v) is 4.88. The number of pyridine rings is 1. The molecule has 1 saturated carbocycles. The van der Waals surface area contributed by atoms with Crippen LogP contribution in [0, 0.1) is 5.82 Å². The Hall–Kier alpha value is -1.49. The minimum absolute atomic E-state index is 0.0660. The largest absolute Gasteiger partial charge is 0.395 e. The van der Waals surface area contributed by atoms with Crippen molar-refractivity contribution in [2.45, 2.75) is 38.1 Å². The number of aliphatic hydroxyl groups is 1. The predicted octanol–water partition coefficient (Wildman–Crippen LogP) is 1.99. The van der Waals surface area contributed by atoms with Gasteiger partial charge in [-0.05, 0) is 25.0 Å². The van der Waals surface area contributed by atoms with Crippen LogP contribution in [-0.4, -0.2) is 40.1 Å². The molecule has 0 aliphatic heterocycles. The zero-order valence-corrected chi connectivity index (χ0v) is 10.9. The Bertz CT molecular complexity index is 416. The number of hydrogen-bond acceptors (Lipinski definition) is 3. The van der Waals surface area contributed by atoms with Crippen LogP contribution in [0.15, 0.2) is 18.3 Å². The zero-order chi connectivity index (χ0) is 13.7. The summed E-state index contributed by atoms with van der Waals surface area (Å²) in [5.74, 6) is -0.677. The molecule has 0 atom stereocenters. The molecule has 0 unspecified atom stereocenters. The van der Waals surface area contributed by atoms with Gasteiger partial charge in [-0.3, -0.25) is 4.79 Å². The van der Waals surface area contributed by atoms with E-state index in [9.17, 15) is 9.18 Å². The lowest BCUT2D eigenvalue weighted by Gasteiger charge is -2.33. The topological polar surface area (TPSA) is 53.4 Å². The normalized spacial score (nSPS) is 16.3. The van der Waals surface area contributed by atoms with Gasteiger partial charge in [-0.25, -0.2) is 9.37 Å². The first kappa shape index (κ1) is 13.9. The van der Waals surface area contributed by atoms with Gasteiger partial charge in [0.25, 0.3) is 5.91 Å². The van der Waals surface area contributed by atoms with Gasteiger partial charge in [-0.15, -0.1) is 0 Å². The molecule has 1 fully saturated rings. The lowest BCUT2D eigenvalue weighted by molar-refractivity contribution is 0.0579. The molecule has 1 heterocycles. The average molecular weight is 266 g/mol. The summed E-state index contributed by atoms with van der Waals surface area (Å²) in [6.45, 7) is 0.242. The van der Waals surface area contributed by atoms with Crippen LogP contribution in [0.25, 0.3) is 0 Å². The number of aromatic nitrogens is 1. The van der Waals surface area contributed by atoms with Crippen LogP contribution in [0.3, 0.4) is 0 Å². The van der Waals surface area contributed by atoms with E-state index < -0.39 is 5.82 Å². The molecule has 19 heavy (non-hydrogen) atoms. The molecule has 1 aromatic rings. The molecular formula is C14H19FN2O2. The first-order valence-corrected chi connectivity index (χ1v) is 6.76. The second-order valence-electron chi connectivity index (χ2n) is 4.88. The molecule has 104 valence electrons. The van der Waals surface area contributed by atoms with Crippen molar-refractivity contribution in [2.75, 3.05) is 13.2 Å². The van der Waals surface area contributed by atoms with E-state index in [1.807, 2.05) is 0 Å². The third-order valence-electron chi connectivity index (χ3n) is 3.56. The number of aliphatic hydroxyl groups excluding tert-OH is 1. The highest BCUT2D eigenvalue weighted by molar-refractivity contribution is 5.92. The number of halogens is 1. The third-order valence-corrected chi connectivity index (χ3v) is 3.56.